The Kier molecular flexibility index (Phi) is 7.75. The Morgan fingerprint density at radius 1 is 0.857 bits per heavy atom. The molecule has 2 saturated carbocycles. The van der Waals surface area contributed by atoms with Gasteiger partial charge in [0, 0.05) is 22.7 Å². The molecule has 0 aliphatic heterocycles. The van der Waals surface area contributed by atoms with E-state index in [1.807, 2.05) is 0 Å². The molecule has 0 aromatic carbocycles. The fourth-order valence-corrected chi connectivity index (χ4v) is 8.78. The smallest absolute Gasteiger partial charge is 0.0138 e. The highest BCUT2D eigenvalue weighted by Crippen LogP contribution is 2.58. The van der Waals surface area contributed by atoms with Crippen molar-refractivity contribution in [2.75, 3.05) is 0 Å². The van der Waals surface area contributed by atoms with Crippen molar-refractivity contribution in [3.8, 4) is 0 Å². The second-order valence-corrected chi connectivity index (χ2v) is 12.7. The molecular weight excluding hydrogens is 422 g/mol. The third kappa shape index (κ3) is 4.58. The van der Waals surface area contributed by atoms with E-state index in [9.17, 15) is 0 Å². The molecule has 0 radical (unpaired) electrons. The fraction of sp³-hybridized carbons (Fsp3) is 0.647. The molecule has 0 aromatic heterocycles. The average Bonchev–Trinajstić information content (AvgIpc) is 2.82. The van der Waals surface area contributed by atoms with E-state index in [1.54, 1.807) is 22.3 Å². The first kappa shape index (κ1) is 26.3. The van der Waals surface area contributed by atoms with Crippen LogP contribution in [0.4, 0.5) is 0 Å². The summed E-state index contributed by atoms with van der Waals surface area (Å²) in [4.78, 5) is 0. The highest BCUT2D eigenvalue weighted by molar-refractivity contribution is 5.37. The van der Waals surface area contributed by atoms with Crippen molar-refractivity contribution in [3.05, 3.63) is 71.1 Å². The average molecular weight is 474 g/mol. The van der Waals surface area contributed by atoms with Gasteiger partial charge in [-0.15, -0.1) is 0 Å². The van der Waals surface area contributed by atoms with Crippen LogP contribution < -0.4 is 5.32 Å². The van der Waals surface area contributed by atoms with Crippen LogP contribution in [0.25, 0.3) is 0 Å². The zero-order valence-corrected chi connectivity index (χ0v) is 23.6. The first-order valence-corrected chi connectivity index (χ1v) is 14.5. The van der Waals surface area contributed by atoms with Gasteiger partial charge < -0.3 is 5.32 Å². The molecule has 4 aliphatic carbocycles. The minimum atomic E-state index is 0.135. The van der Waals surface area contributed by atoms with Crippen molar-refractivity contribution in [2.45, 2.75) is 106 Å². The van der Waals surface area contributed by atoms with E-state index in [0.717, 1.165) is 0 Å². The number of hydrogen-bond donors (Lipinski definition) is 1. The van der Waals surface area contributed by atoms with Gasteiger partial charge in [-0.25, -0.2) is 0 Å². The van der Waals surface area contributed by atoms with Crippen LogP contribution in [0.2, 0.25) is 0 Å². The highest BCUT2D eigenvalue weighted by atomic mass is 14.9. The Labute approximate surface area is 216 Å². The Hall–Kier alpha value is -1.76. The molecule has 0 saturated heterocycles. The quantitative estimate of drug-likeness (QED) is 0.405. The van der Waals surface area contributed by atoms with E-state index < -0.39 is 0 Å². The molecular formula is C34H51N. The third-order valence-electron chi connectivity index (χ3n) is 10.8. The van der Waals surface area contributed by atoms with Crippen LogP contribution in [0.15, 0.2) is 71.1 Å². The van der Waals surface area contributed by atoms with Gasteiger partial charge in [-0.3, -0.25) is 0 Å². The number of hydrogen-bond acceptors (Lipinski definition) is 1. The van der Waals surface area contributed by atoms with E-state index in [-0.39, 0.29) is 10.8 Å². The van der Waals surface area contributed by atoms with E-state index >= 15 is 0 Å². The fourth-order valence-electron chi connectivity index (χ4n) is 8.78. The van der Waals surface area contributed by atoms with Crippen molar-refractivity contribution < 1.29 is 0 Å². The summed E-state index contributed by atoms with van der Waals surface area (Å²) in [5.41, 5.74) is 9.32. The molecule has 0 aromatic rings. The maximum absolute atomic E-state index is 4.72. The standard InChI is InChI=1S/C34H51N/c1-9-13-27-23(3)17-19-32-29(27)16-12-21-33(32,7)26(6)35-25(5)28-15-11-22-34(8)30(14-10-2)24(4)18-20-31(28)34/h9-10,13-14,28-29,31-32,35H,5-6,11-12,15-22H2,1-4,7-8H3/b13-9-,14-10-. The van der Waals surface area contributed by atoms with Crippen LogP contribution in [0.5, 0.6) is 0 Å². The van der Waals surface area contributed by atoms with Gasteiger partial charge in [0.1, 0.15) is 0 Å². The van der Waals surface area contributed by atoms with Gasteiger partial charge in [-0.2, -0.15) is 0 Å². The zero-order chi connectivity index (χ0) is 25.4. The van der Waals surface area contributed by atoms with Crippen molar-refractivity contribution in [1.82, 2.24) is 5.32 Å². The summed E-state index contributed by atoms with van der Waals surface area (Å²) in [5.74, 6) is 2.57. The lowest BCUT2D eigenvalue weighted by Crippen LogP contribution is -2.46. The lowest BCUT2D eigenvalue weighted by atomic mass is 9.54. The molecule has 192 valence electrons. The maximum Gasteiger partial charge on any atom is 0.0138 e. The Morgan fingerprint density at radius 2 is 1.51 bits per heavy atom. The predicted molar refractivity (Wildman–Crippen MR) is 153 cm³/mol. The third-order valence-corrected chi connectivity index (χ3v) is 10.8. The minimum Gasteiger partial charge on any atom is -0.363 e. The summed E-state index contributed by atoms with van der Waals surface area (Å²) in [6.45, 7) is 23.5. The molecule has 6 atom stereocenters. The van der Waals surface area contributed by atoms with Crippen LogP contribution in [0, 0.1) is 34.5 Å². The molecule has 1 nitrogen and oxygen atoms in total. The van der Waals surface area contributed by atoms with Gasteiger partial charge in [0.25, 0.3) is 0 Å². The molecule has 0 bridgehead atoms. The van der Waals surface area contributed by atoms with Gasteiger partial charge >= 0.3 is 0 Å². The van der Waals surface area contributed by atoms with Gasteiger partial charge in [-0.1, -0.05) is 75.3 Å². The lowest BCUT2D eigenvalue weighted by molar-refractivity contribution is 0.0796. The molecule has 0 spiro atoms. The van der Waals surface area contributed by atoms with Crippen molar-refractivity contribution in [3.63, 3.8) is 0 Å². The van der Waals surface area contributed by atoms with E-state index in [2.05, 4.69) is 71.2 Å². The van der Waals surface area contributed by atoms with Crippen molar-refractivity contribution >= 4 is 0 Å². The molecule has 2 fully saturated rings. The Morgan fingerprint density at radius 3 is 2.23 bits per heavy atom. The Bertz CT molecular complexity index is 971. The Balaban J connectivity index is 1.54. The van der Waals surface area contributed by atoms with Gasteiger partial charge in [0.15, 0.2) is 0 Å². The number of allylic oxidation sites excluding steroid dienone is 10. The van der Waals surface area contributed by atoms with E-state index in [0.29, 0.717) is 23.7 Å². The second kappa shape index (κ2) is 10.3. The first-order chi connectivity index (χ1) is 16.7. The molecule has 1 N–H and O–H groups in total. The lowest BCUT2D eigenvalue weighted by Gasteiger charge is -2.53. The van der Waals surface area contributed by atoms with Crippen molar-refractivity contribution in [1.29, 1.82) is 0 Å². The molecule has 6 unspecified atom stereocenters. The van der Waals surface area contributed by atoms with Crippen molar-refractivity contribution in [2.24, 2.45) is 34.5 Å². The minimum absolute atomic E-state index is 0.135. The summed E-state index contributed by atoms with van der Waals surface area (Å²) in [7, 11) is 0. The topological polar surface area (TPSA) is 12.0 Å². The van der Waals surface area contributed by atoms with Crippen LogP contribution in [0.1, 0.15) is 106 Å². The predicted octanol–water partition coefficient (Wildman–Crippen LogP) is 9.82. The summed E-state index contributed by atoms with van der Waals surface area (Å²) in [6, 6.07) is 0. The second-order valence-electron chi connectivity index (χ2n) is 12.7. The molecule has 35 heavy (non-hydrogen) atoms. The number of fused-ring (bicyclic) bond motifs is 2. The van der Waals surface area contributed by atoms with Gasteiger partial charge in [0.2, 0.25) is 0 Å². The molecule has 0 heterocycles. The number of rotatable bonds is 6. The van der Waals surface area contributed by atoms with E-state index in [4.69, 9.17) is 13.2 Å². The zero-order valence-electron chi connectivity index (χ0n) is 23.6. The summed E-state index contributed by atoms with van der Waals surface area (Å²) in [5, 5.41) is 3.90. The molecule has 0 amide bonds. The highest BCUT2D eigenvalue weighted by Gasteiger charge is 2.49. The van der Waals surface area contributed by atoms with Crippen LogP contribution in [-0.2, 0) is 0 Å². The largest absolute Gasteiger partial charge is 0.363 e. The molecule has 4 aliphatic rings. The normalized spacial score (nSPS) is 38.0. The van der Waals surface area contributed by atoms with Crippen LogP contribution >= 0.6 is 0 Å². The van der Waals surface area contributed by atoms with Gasteiger partial charge in [-0.05, 0) is 113 Å². The SMILES string of the molecule is C=C(NC(=C)C1(C)CCCC2C(/C=C\C)=C(C)CCC21)C1CCCC2(C)C(/C=C\C)=C(C)CCC12. The maximum atomic E-state index is 4.72. The van der Waals surface area contributed by atoms with Crippen LogP contribution in [0.3, 0.4) is 0 Å². The summed E-state index contributed by atoms with van der Waals surface area (Å²) < 4.78 is 0. The number of nitrogens with one attached hydrogen (secondary N) is 1. The van der Waals surface area contributed by atoms with Crippen LogP contribution in [-0.4, -0.2) is 0 Å². The molecule has 4 rings (SSSR count). The first-order valence-electron chi connectivity index (χ1n) is 14.5. The monoisotopic (exact) mass is 473 g/mol. The molecule has 1 heteroatoms. The van der Waals surface area contributed by atoms with Gasteiger partial charge in [0.05, 0.1) is 0 Å². The summed E-state index contributed by atoms with van der Waals surface area (Å²) >= 11 is 0. The van der Waals surface area contributed by atoms with E-state index in [1.165, 1.54) is 75.6 Å². The summed E-state index contributed by atoms with van der Waals surface area (Å²) in [6.07, 6.45) is 22.1.